The minimum Gasteiger partial charge on any atom is -0.353 e. The number of thiazole rings is 1. The lowest BCUT2D eigenvalue weighted by atomic mass is 10.1. The Morgan fingerprint density at radius 2 is 1.92 bits per heavy atom. The van der Waals surface area contributed by atoms with Crippen molar-refractivity contribution in [1.29, 1.82) is 0 Å². The Hall–Kier alpha value is -2.54. The Morgan fingerprint density at radius 1 is 1.21 bits per heavy atom. The zero-order chi connectivity index (χ0) is 17.1. The number of ketones is 1. The molecule has 6 nitrogen and oxygen atoms in total. The molecule has 2 amide bonds. The van der Waals surface area contributed by atoms with Gasteiger partial charge in [-0.25, -0.2) is 4.98 Å². The number of nitrogens with zero attached hydrogens (tertiary/aromatic N) is 1. The maximum absolute atomic E-state index is 12.1. The Balaban J connectivity index is 1.57. The first-order valence-corrected chi connectivity index (χ1v) is 8.49. The molecule has 1 aliphatic carbocycles. The van der Waals surface area contributed by atoms with E-state index in [0.717, 1.165) is 29.7 Å². The number of benzene rings is 1. The van der Waals surface area contributed by atoms with Gasteiger partial charge in [-0.2, -0.15) is 0 Å². The highest BCUT2D eigenvalue weighted by Gasteiger charge is 2.23. The molecule has 3 rings (SSSR count). The third kappa shape index (κ3) is 4.26. The number of aromatic nitrogens is 1. The lowest BCUT2D eigenvalue weighted by molar-refractivity contribution is -0.120. The van der Waals surface area contributed by atoms with Crippen LogP contribution in [0.4, 0.5) is 5.69 Å². The van der Waals surface area contributed by atoms with Gasteiger partial charge >= 0.3 is 0 Å². The highest BCUT2D eigenvalue weighted by molar-refractivity contribution is 7.15. The first-order valence-electron chi connectivity index (χ1n) is 7.67. The van der Waals surface area contributed by atoms with E-state index in [1.54, 1.807) is 12.1 Å². The van der Waals surface area contributed by atoms with E-state index in [2.05, 4.69) is 15.6 Å². The largest absolute Gasteiger partial charge is 0.353 e. The van der Waals surface area contributed by atoms with Gasteiger partial charge in [0.25, 0.3) is 5.91 Å². The van der Waals surface area contributed by atoms with Crippen LogP contribution in [0.1, 0.15) is 44.8 Å². The Kier molecular flexibility index (Phi) is 4.71. The van der Waals surface area contributed by atoms with E-state index in [1.165, 1.54) is 13.1 Å². The van der Waals surface area contributed by atoms with Crippen molar-refractivity contribution in [2.75, 3.05) is 5.32 Å². The fourth-order valence-electron chi connectivity index (χ4n) is 2.13. The predicted octanol–water partition coefficient (Wildman–Crippen LogP) is 2.42. The van der Waals surface area contributed by atoms with Crippen LogP contribution in [0.2, 0.25) is 0 Å². The lowest BCUT2D eigenvalue weighted by Gasteiger charge is -2.06. The lowest BCUT2D eigenvalue weighted by Crippen LogP contribution is -2.26. The van der Waals surface area contributed by atoms with Gasteiger partial charge in [-0.15, -0.1) is 11.3 Å². The van der Waals surface area contributed by atoms with Crippen LogP contribution in [0.15, 0.2) is 30.5 Å². The van der Waals surface area contributed by atoms with Crippen LogP contribution in [0.3, 0.4) is 0 Å². The van der Waals surface area contributed by atoms with Crippen LogP contribution >= 0.6 is 11.3 Å². The second-order valence-corrected chi connectivity index (χ2v) is 6.79. The third-order valence-corrected chi connectivity index (χ3v) is 4.65. The molecule has 0 saturated heterocycles. The SMILES string of the molecule is CC(=O)c1ncc(C(=O)Nc2ccc(CC(=O)NC3CC3)cc2)s1. The van der Waals surface area contributed by atoms with Crippen LogP contribution < -0.4 is 10.6 Å². The molecule has 2 N–H and O–H groups in total. The third-order valence-electron chi connectivity index (χ3n) is 3.55. The summed E-state index contributed by atoms with van der Waals surface area (Å²) in [5.74, 6) is -0.442. The number of hydrogen-bond acceptors (Lipinski definition) is 5. The number of anilines is 1. The summed E-state index contributed by atoms with van der Waals surface area (Å²) in [6.45, 7) is 1.42. The number of amides is 2. The van der Waals surface area contributed by atoms with E-state index in [1.807, 2.05) is 12.1 Å². The monoisotopic (exact) mass is 343 g/mol. The van der Waals surface area contributed by atoms with Gasteiger partial charge in [0.15, 0.2) is 10.8 Å². The summed E-state index contributed by atoms with van der Waals surface area (Å²) in [4.78, 5) is 39.4. The maximum Gasteiger partial charge on any atom is 0.267 e. The summed E-state index contributed by atoms with van der Waals surface area (Å²) in [6, 6.07) is 7.50. The van der Waals surface area contributed by atoms with Gasteiger partial charge in [-0.3, -0.25) is 14.4 Å². The summed E-state index contributed by atoms with van der Waals surface area (Å²) in [7, 11) is 0. The minimum absolute atomic E-state index is 0.0238. The highest BCUT2D eigenvalue weighted by atomic mass is 32.1. The normalized spacial score (nSPS) is 13.4. The van der Waals surface area contributed by atoms with Crippen LogP contribution in [0, 0.1) is 0 Å². The average molecular weight is 343 g/mol. The molecular weight excluding hydrogens is 326 g/mol. The van der Waals surface area contributed by atoms with Crippen molar-refractivity contribution in [1.82, 2.24) is 10.3 Å². The topological polar surface area (TPSA) is 88.2 Å². The zero-order valence-electron chi connectivity index (χ0n) is 13.2. The molecule has 1 aliphatic rings. The van der Waals surface area contributed by atoms with Gasteiger partial charge in [0.05, 0.1) is 12.6 Å². The quantitative estimate of drug-likeness (QED) is 0.789. The molecule has 0 aliphatic heterocycles. The molecule has 124 valence electrons. The number of carbonyl (C=O) groups is 3. The van der Waals surface area contributed by atoms with E-state index < -0.39 is 0 Å². The molecule has 0 bridgehead atoms. The van der Waals surface area contributed by atoms with Gasteiger partial charge in [-0.1, -0.05) is 12.1 Å². The fraction of sp³-hybridized carbons (Fsp3) is 0.294. The van der Waals surface area contributed by atoms with Gasteiger partial charge in [-0.05, 0) is 30.5 Å². The average Bonchev–Trinajstić information content (AvgIpc) is 3.20. The molecule has 7 heteroatoms. The van der Waals surface area contributed by atoms with Gasteiger partial charge in [0.2, 0.25) is 5.91 Å². The first-order chi connectivity index (χ1) is 11.5. The number of Topliss-reactive ketones (excluding diaryl/α,β-unsaturated/α-hetero) is 1. The number of hydrogen-bond donors (Lipinski definition) is 2. The molecule has 1 saturated carbocycles. The summed E-state index contributed by atoms with van der Waals surface area (Å²) >= 11 is 1.07. The van der Waals surface area contributed by atoms with Crippen molar-refractivity contribution < 1.29 is 14.4 Å². The second kappa shape index (κ2) is 6.92. The molecule has 24 heavy (non-hydrogen) atoms. The van der Waals surface area contributed by atoms with Crippen LogP contribution in [0.25, 0.3) is 0 Å². The van der Waals surface area contributed by atoms with Gasteiger partial charge in [0.1, 0.15) is 4.88 Å². The first kappa shape index (κ1) is 16.3. The summed E-state index contributed by atoms with van der Waals surface area (Å²) in [5, 5.41) is 6.01. The second-order valence-electron chi connectivity index (χ2n) is 5.76. The molecule has 1 aromatic heterocycles. The molecule has 0 unspecified atom stereocenters. The summed E-state index contributed by atoms with van der Waals surface area (Å²) < 4.78 is 0. The number of rotatable bonds is 6. The molecule has 1 aromatic carbocycles. The standard InChI is InChI=1S/C17H17N3O3S/c1-10(21)17-18-9-14(24-17)16(23)20-13-4-2-11(3-5-13)8-15(22)19-12-6-7-12/h2-5,9,12H,6-8H2,1H3,(H,19,22)(H,20,23). The maximum atomic E-state index is 12.1. The Morgan fingerprint density at radius 3 is 2.50 bits per heavy atom. The van der Waals surface area contributed by atoms with E-state index in [-0.39, 0.29) is 17.6 Å². The van der Waals surface area contributed by atoms with E-state index >= 15 is 0 Å². The van der Waals surface area contributed by atoms with Crippen molar-refractivity contribution in [3.05, 3.63) is 45.9 Å². The minimum atomic E-state index is -0.306. The Labute approximate surface area is 143 Å². The molecule has 0 spiro atoms. The van der Waals surface area contributed by atoms with E-state index in [4.69, 9.17) is 0 Å². The number of nitrogens with one attached hydrogen (secondary N) is 2. The molecule has 1 heterocycles. The highest BCUT2D eigenvalue weighted by Crippen LogP contribution is 2.19. The molecular formula is C17H17N3O3S. The molecule has 1 fully saturated rings. The van der Waals surface area contributed by atoms with Gasteiger partial charge in [0, 0.05) is 18.7 Å². The summed E-state index contributed by atoms with van der Waals surface area (Å²) in [5.41, 5.74) is 1.52. The van der Waals surface area contributed by atoms with Crippen LogP contribution in [-0.4, -0.2) is 28.6 Å². The van der Waals surface area contributed by atoms with Crippen LogP contribution in [0.5, 0.6) is 0 Å². The van der Waals surface area contributed by atoms with Crippen molar-refractivity contribution in [3.63, 3.8) is 0 Å². The van der Waals surface area contributed by atoms with E-state index in [9.17, 15) is 14.4 Å². The summed E-state index contributed by atoms with van der Waals surface area (Å²) in [6.07, 6.45) is 3.87. The van der Waals surface area contributed by atoms with E-state index in [0.29, 0.717) is 28.0 Å². The van der Waals surface area contributed by atoms with Crippen molar-refractivity contribution in [2.45, 2.75) is 32.2 Å². The fourth-order valence-corrected chi connectivity index (χ4v) is 2.84. The predicted molar refractivity (Wildman–Crippen MR) is 91.4 cm³/mol. The van der Waals surface area contributed by atoms with Gasteiger partial charge < -0.3 is 10.6 Å². The molecule has 2 aromatic rings. The zero-order valence-corrected chi connectivity index (χ0v) is 14.0. The smallest absolute Gasteiger partial charge is 0.267 e. The van der Waals surface area contributed by atoms with Crippen LogP contribution in [-0.2, 0) is 11.2 Å². The number of carbonyl (C=O) groups excluding carboxylic acids is 3. The van der Waals surface area contributed by atoms with Crippen molar-refractivity contribution in [3.8, 4) is 0 Å². The molecule has 0 atom stereocenters. The van der Waals surface area contributed by atoms with Crippen molar-refractivity contribution in [2.24, 2.45) is 0 Å². The van der Waals surface area contributed by atoms with Crippen molar-refractivity contribution >= 4 is 34.6 Å². The Bertz CT molecular complexity index is 779. The molecule has 0 radical (unpaired) electrons.